The number of rotatable bonds is 13. The van der Waals surface area contributed by atoms with E-state index in [1.54, 1.807) is 0 Å². The van der Waals surface area contributed by atoms with Gasteiger partial charge in [-0.15, -0.1) is 0 Å². The molecule has 0 atom stereocenters. The first-order valence-electron chi connectivity index (χ1n) is 40.0. The van der Waals surface area contributed by atoms with Crippen LogP contribution in [0.4, 0.5) is 34.1 Å². The lowest BCUT2D eigenvalue weighted by Gasteiger charge is -2.45. The summed E-state index contributed by atoms with van der Waals surface area (Å²) in [4.78, 5) is 5.37. The summed E-state index contributed by atoms with van der Waals surface area (Å²) in [5.74, 6) is 0. The van der Waals surface area contributed by atoms with Crippen LogP contribution in [0, 0.1) is 0 Å². The minimum absolute atomic E-state index is 0.0100. The second kappa shape index (κ2) is 27.6. The third kappa shape index (κ3) is 12.2. The van der Waals surface area contributed by atoms with E-state index in [4.69, 9.17) is 0 Å². The van der Waals surface area contributed by atoms with E-state index in [0.717, 1.165) is 39.8 Å². The average Bonchev–Trinajstić information content (AvgIpc) is 0.749. The van der Waals surface area contributed by atoms with Gasteiger partial charge in [0.2, 0.25) is 0 Å². The minimum Gasteiger partial charge on any atom is -0.311 e. The lowest BCUT2D eigenvalue weighted by Crippen LogP contribution is -2.75. The molecule has 112 heavy (non-hydrogen) atoms. The standard InChI is InChI=1S/C106H96BN3Si2/c1-103(2,3)77-53-46-73(47-54-77)74-50-59-81(60-51-74)108-99-72-91(112(87-39-25-16-26-40-87,88-41-27-17-28-42-88)89-43-29-18-30-44-89)61-64-94(99)107-95-66-76(75-48-55-78(56-49-75)104(4,5)6)52-65-96(95)109(82-32-31-45-90(69-82)111(84-33-19-13-20-34-84,85-35-21-14-22-36-85)86-37-23-15-24-38-86)101-71-83(70-100(108)102(101)107)110-97-67-79(105(7,8)9)57-62-92(97)93-63-58-80(68-98(93)110)106(10,11)12/h13-72H,1-12H3. The maximum Gasteiger partial charge on any atom is 0.252 e. The molecule has 1 aromatic heterocycles. The number of hydrogen-bond donors (Lipinski definition) is 0. The zero-order chi connectivity index (χ0) is 77.1. The summed E-state index contributed by atoms with van der Waals surface area (Å²) in [6, 6.07) is 142. The first-order chi connectivity index (χ1) is 54.1. The Morgan fingerprint density at radius 1 is 0.223 bits per heavy atom. The Balaban J connectivity index is 0.998. The van der Waals surface area contributed by atoms with Crippen LogP contribution in [-0.2, 0) is 21.7 Å². The zero-order valence-electron chi connectivity index (χ0n) is 66.6. The van der Waals surface area contributed by atoms with Crippen molar-refractivity contribution in [1.29, 1.82) is 0 Å². The number of nitrogens with zero attached hydrogens (tertiary/aromatic N) is 3. The monoisotopic (exact) mass is 1480 g/mol. The first-order valence-corrected chi connectivity index (χ1v) is 44.0. The Hall–Kier alpha value is -11.8. The van der Waals surface area contributed by atoms with E-state index in [1.165, 1.54) is 124 Å². The molecule has 15 aromatic carbocycles. The van der Waals surface area contributed by atoms with Crippen LogP contribution in [0.5, 0.6) is 0 Å². The van der Waals surface area contributed by atoms with Crippen molar-refractivity contribution in [2.45, 2.75) is 105 Å². The van der Waals surface area contributed by atoms with E-state index in [-0.39, 0.29) is 28.4 Å². The SMILES string of the molecule is CC(C)(C)c1ccc(-c2ccc(N3c4cc([Si](c5ccccc5)(c5ccccc5)c5ccccc5)ccc4B4c5cc(-c6ccc(C(C)(C)C)cc6)ccc5N(c5cccc([Si](c6ccccc6)(c6ccccc6)c6ccccc6)c5)c5cc(-n6c7cc(C(C)(C)C)ccc7c7ccc(C(C)(C)C)cc76)cc3c54)cc2)cc1. The molecular weight excluding hydrogens is 1380 g/mol. The Kier molecular flexibility index (Phi) is 17.7. The summed E-state index contributed by atoms with van der Waals surface area (Å²) in [7, 11) is -6.27. The van der Waals surface area contributed by atoms with Crippen LogP contribution in [0.2, 0.25) is 0 Å². The van der Waals surface area contributed by atoms with Crippen molar-refractivity contribution in [3.63, 3.8) is 0 Å². The van der Waals surface area contributed by atoms with E-state index in [2.05, 4.69) is 461 Å². The third-order valence-corrected chi connectivity index (χ3v) is 33.9. The number of benzene rings is 15. The van der Waals surface area contributed by atoms with Crippen molar-refractivity contribution < 1.29 is 0 Å². The van der Waals surface area contributed by atoms with Crippen LogP contribution in [0.15, 0.2) is 364 Å². The van der Waals surface area contributed by atoms with E-state index in [0.29, 0.717) is 0 Å². The van der Waals surface area contributed by atoms with Crippen molar-refractivity contribution in [1.82, 2.24) is 4.57 Å². The van der Waals surface area contributed by atoms with Crippen LogP contribution in [-0.4, -0.2) is 27.4 Å². The normalized spacial score (nSPS) is 13.1. The fourth-order valence-electron chi connectivity index (χ4n) is 18.4. The average molecular weight is 1480 g/mol. The molecule has 0 fully saturated rings. The smallest absolute Gasteiger partial charge is 0.252 e. The molecule has 6 heteroatoms. The summed E-state index contributed by atoms with van der Waals surface area (Å²) in [6.45, 7) is 27.7. The highest BCUT2D eigenvalue weighted by Gasteiger charge is 2.48. The highest BCUT2D eigenvalue weighted by atomic mass is 28.3. The minimum atomic E-state index is -3.17. The summed E-state index contributed by atoms with van der Waals surface area (Å²) < 4.78 is 2.64. The molecule has 0 unspecified atom stereocenters. The lowest BCUT2D eigenvalue weighted by molar-refractivity contribution is 0.590. The van der Waals surface area contributed by atoms with Gasteiger partial charge in [0, 0.05) is 44.9 Å². The second-order valence-electron chi connectivity index (χ2n) is 35.3. The molecule has 16 aromatic rings. The zero-order valence-corrected chi connectivity index (χ0v) is 68.6. The van der Waals surface area contributed by atoms with Gasteiger partial charge >= 0.3 is 0 Å². The molecule has 0 saturated heterocycles. The quantitative estimate of drug-likeness (QED) is 0.0842. The fourth-order valence-corrected chi connectivity index (χ4v) is 28.0. The third-order valence-electron chi connectivity index (χ3n) is 24.3. The topological polar surface area (TPSA) is 11.4 Å². The summed E-state index contributed by atoms with van der Waals surface area (Å²) in [6.07, 6.45) is 0. The number of aromatic nitrogens is 1. The summed E-state index contributed by atoms with van der Waals surface area (Å²) >= 11 is 0. The van der Waals surface area contributed by atoms with Gasteiger partial charge in [-0.05, 0) is 185 Å². The van der Waals surface area contributed by atoms with Crippen molar-refractivity contribution in [2.24, 2.45) is 0 Å². The molecule has 0 spiro atoms. The molecule has 0 aliphatic carbocycles. The van der Waals surface area contributed by atoms with Crippen LogP contribution in [0.1, 0.15) is 105 Å². The molecule has 0 N–H and O–H groups in total. The second-order valence-corrected chi connectivity index (χ2v) is 42.9. The van der Waals surface area contributed by atoms with Gasteiger partial charge in [-0.1, -0.05) is 386 Å². The Morgan fingerprint density at radius 3 is 0.973 bits per heavy atom. The molecule has 0 amide bonds. The molecule has 18 rings (SSSR count). The fraction of sp³-hybridized carbons (Fsp3) is 0.151. The molecule has 0 radical (unpaired) electrons. The van der Waals surface area contributed by atoms with Crippen LogP contribution < -0.4 is 67.7 Å². The van der Waals surface area contributed by atoms with E-state index in [1.807, 2.05) is 0 Å². The van der Waals surface area contributed by atoms with E-state index < -0.39 is 16.1 Å². The Bertz CT molecular complexity index is 5930. The maximum absolute atomic E-state index is 3.17. The molecular formula is C106H96BN3Si2. The van der Waals surface area contributed by atoms with Crippen LogP contribution in [0.25, 0.3) is 49.7 Å². The number of fused-ring (bicyclic) bond motifs is 7. The molecule has 546 valence electrons. The van der Waals surface area contributed by atoms with Crippen molar-refractivity contribution >= 4 is 137 Å². The number of hydrogen-bond acceptors (Lipinski definition) is 2. The maximum atomic E-state index is 2.69. The van der Waals surface area contributed by atoms with Gasteiger partial charge < -0.3 is 14.4 Å². The van der Waals surface area contributed by atoms with Crippen LogP contribution >= 0.6 is 0 Å². The van der Waals surface area contributed by atoms with Crippen LogP contribution in [0.3, 0.4) is 0 Å². The van der Waals surface area contributed by atoms with Crippen molar-refractivity contribution in [3.05, 3.63) is 386 Å². The van der Waals surface area contributed by atoms with Gasteiger partial charge in [-0.3, -0.25) is 0 Å². The molecule has 0 saturated carbocycles. The highest BCUT2D eigenvalue weighted by Crippen LogP contribution is 2.48. The Morgan fingerprint density at radius 2 is 0.571 bits per heavy atom. The van der Waals surface area contributed by atoms with E-state index >= 15 is 0 Å². The van der Waals surface area contributed by atoms with Crippen molar-refractivity contribution in [3.8, 4) is 27.9 Å². The predicted molar refractivity (Wildman–Crippen MR) is 488 cm³/mol. The lowest BCUT2D eigenvalue weighted by atomic mass is 9.33. The number of anilines is 6. The molecule has 0 bridgehead atoms. The van der Waals surface area contributed by atoms with Gasteiger partial charge in [0.15, 0.2) is 16.1 Å². The van der Waals surface area contributed by atoms with E-state index in [9.17, 15) is 0 Å². The van der Waals surface area contributed by atoms with Gasteiger partial charge in [0.25, 0.3) is 6.71 Å². The van der Waals surface area contributed by atoms with Gasteiger partial charge in [-0.2, -0.15) is 0 Å². The summed E-state index contributed by atoms with van der Waals surface area (Å²) in [5, 5.41) is 13.1. The molecule has 3 nitrogen and oxygen atoms in total. The largest absolute Gasteiger partial charge is 0.311 e. The first kappa shape index (κ1) is 71.8. The highest BCUT2D eigenvalue weighted by molar-refractivity contribution is 7.20. The molecule has 2 aliphatic heterocycles. The van der Waals surface area contributed by atoms with Crippen molar-refractivity contribution in [2.75, 3.05) is 9.80 Å². The molecule has 3 heterocycles. The molecule has 2 aliphatic rings. The predicted octanol–water partition coefficient (Wildman–Crippen LogP) is 20.1. The Labute approximate surface area is 665 Å². The van der Waals surface area contributed by atoms with Gasteiger partial charge in [0.1, 0.15) is 0 Å². The van der Waals surface area contributed by atoms with Gasteiger partial charge in [0.05, 0.1) is 16.7 Å². The summed E-state index contributed by atoms with van der Waals surface area (Å²) in [5.41, 5.74) is 23.7. The van der Waals surface area contributed by atoms with Gasteiger partial charge in [-0.25, -0.2) is 0 Å².